The second kappa shape index (κ2) is 5.48. The molecule has 1 saturated heterocycles. The van der Waals surface area contributed by atoms with Crippen LogP contribution in [-0.2, 0) is 17.8 Å². The van der Waals surface area contributed by atoms with Crippen molar-refractivity contribution >= 4 is 11.2 Å². The average molecular weight is 292 g/mol. The van der Waals surface area contributed by atoms with Crippen molar-refractivity contribution in [2.45, 2.75) is 52.3 Å². The van der Waals surface area contributed by atoms with Gasteiger partial charge in [0.05, 0.1) is 12.6 Å². The number of nitrogens with one attached hydrogen (secondary N) is 1. The van der Waals surface area contributed by atoms with E-state index < -0.39 is 0 Å². The molecule has 1 unspecified atom stereocenters. The molecule has 2 aromatic rings. The quantitative estimate of drug-likeness (QED) is 0.903. The lowest BCUT2D eigenvalue weighted by molar-refractivity contribution is 0.0963. The summed E-state index contributed by atoms with van der Waals surface area (Å²) < 4.78 is 8.47. The molecular formula is C14H20N4O3. The molecule has 1 aliphatic heterocycles. The summed E-state index contributed by atoms with van der Waals surface area (Å²) >= 11 is 0. The zero-order chi connectivity index (χ0) is 15.0. The zero-order valence-electron chi connectivity index (χ0n) is 12.4. The number of aromatic nitrogens is 4. The normalized spacial score (nSPS) is 18.7. The van der Waals surface area contributed by atoms with Gasteiger partial charge in [0.2, 0.25) is 0 Å². The molecule has 0 spiro atoms. The Labute approximate surface area is 121 Å². The Morgan fingerprint density at radius 1 is 1.38 bits per heavy atom. The van der Waals surface area contributed by atoms with Crippen molar-refractivity contribution in [1.29, 1.82) is 0 Å². The summed E-state index contributed by atoms with van der Waals surface area (Å²) in [6.07, 6.45) is 2.70. The van der Waals surface area contributed by atoms with Gasteiger partial charge in [0, 0.05) is 13.2 Å². The molecule has 0 aromatic carbocycles. The van der Waals surface area contributed by atoms with Crippen molar-refractivity contribution in [1.82, 2.24) is 19.1 Å². The Bertz CT molecular complexity index is 765. The number of hydrogen-bond donors (Lipinski definition) is 1. The Morgan fingerprint density at radius 3 is 2.86 bits per heavy atom. The van der Waals surface area contributed by atoms with Gasteiger partial charge in [-0.05, 0) is 26.2 Å². The van der Waals surface area contributed by atoms with Crippen LogP contribution in [0.1, 0.15) is 32.0 Å². The fourth-order valence-corrected chi connectivity index (χ4v) is 2.86. The molecule has 0 saturated carbocycles. The van der Waals surface area contributed by atoms with E-state index in [1.54, 1.807) is 11.5 Å². The molecule has 1 atom stereocenters. The van der Waals surface area contributed by atoms with E-state index >= 15 is 0 Å². The first-order chi connectivity index (χ1) is 10.1. The lowest BCUT2D eigenvalue weighted by Gasteiger charge is -2.14. The highest BCUT2D eigenvalue weighted by Gasteiger charge is 2.21. The van der Waals surface area contributed by atoms with Crippen molar-refractivity contribution in [3.05, 3.63) is 26.7 Å². The predicted octanol–water partition coefficient (Wildman–Crippen LogP) is 0.784. The Kier molecular flexibility index (Phi) is 3.67. The van der Waals surface area contributed by atoms with E-state index in [2.05, 4.69) is 9.97 Å². The monoisotopic (exact) mass is 292 g/mol. The smallest absolute Gasteiger partial charge is 0.332 e. The summed E-state index contributed by atoms with van der Waals surface area (Å²) in [7, 11) is 0. The number of aromatic amines is 1. The minimum absolute atomic E-state index is 0.0236. The van der Waals surface area contributed by atoms with Gasteiger partial charge in [-0.15, -0.1) is 0 Å². The fraction of sp³-hybridized carbons (Fsp3) is 0.643. The number of imidazole rings is 1. The maximum atomic E-state index is 12.6. The van der Waals surface area contributed by atoms with Gasteiger partial charge >= 0.3 is 5.69 Å². The van der Waals surface area contributed by atoms with Gasteiger partial charge in [0.15, 0.2) is 5.65 Å². The second-order valence-electron chi connectivity index (χ2n) is 5.51. The number of hydrogen-bond acceptors (Lipinski definition) is 4. The topological polar surface area (TPSA) is 81.9 Å². The Balaban J connectivity index is 2.19. The fourth-order valence-electron chi connectivity index (χ4n) is 2.86. The van der Waals surface area contributed by atoms with Gasteiger partial charge in [-0.1, -0.05) is 6.92 Å². The first-order valence-corrected chi connectivity index (χ1v) is 7.43. The molecule has 1 fully saturated rings. The lowest BCUT2D eigenvalue weighted by Crippen LogP contribution is -2.41. The summed E-state index contributed by atoms with van der Waals surface area (Å²) in [5.74, 6) is 0.636. The molecule has 0 bridgehead atoms. The summed E-state index contributed by atoms with van der Waals surface area (Å²) in [6, 6.07) is 0. The van der Waals surface area contributed by atoms with E-state index in [9.17, 15) is 9.59 Å². The highest BCUT2D eigenvalue weighted by Crippen LogP contribution is 2.15. The number of H-pyrrole nitrogens is 1. The third kappa shape index (κ3) is 2.42. The van der Waals surface area contributed by atoms with Crippen molar-refractivity contribution in [2.75, 3.05) is 6.61 Å². The van der Waals surface area contributed by atoms with E-state index in [0.29, 0.717) is 30.1 Å². The third-order valence-corrected chi connectivity index (χ3v) is 3.84. The number of rotatable bonds is 4. The molecule has 2 aromatic heterocycles. The van der Waals surface area contributed by atoms with Crippen LogP contribution in [0.5, 0.6) is 0 Å². The molecule has 7 heteroatoms. The van der Waals surface area contributed by atoms with Crippen LogP contribution in [0, 0.1) is 6.92 Å². The minimum atomic E-state index is -0.295. The Hall–Kier alpha value is -1.89. The van der Waals surface area contributed by atoms with Gasteiger partial charge in [-0.2, -0.15) is 0 Å². The highest BCUT2D eigenvalue weighted by molar-refractivity contribution is 5.69. The molecule has 0 aliphatic carbocycles. The van der Waals surface area contributed by atoms with Gasteiger partial charge in [0.1, 0.15) is 11.3 Å². The maximum absolute atomic E-state index is 12.6. The SMILES string of the molecule is CCCn1c(=O)c2[nH]c(C)nc2n(CC2CCCO2)c1=O. The van der Waals surface area contributed by atoms with Gasteiger partial charge < -0.3 is 9.72 Å². The van der Waals surface area contributed by atoms with Gasteiger partial charge in [0.25, 0.3) is 5.56 Å². The van der Waals surface area contributed by atoms with Crippen LogP contribution in [-0.4, -0.2) is 31.8 Å². The molecule has 114 valence electrons. The molecule has 21 heavy (non-hydrogen) atoms. The van der Waals surface area contributed by atoms with E-state index in [1.165, 1.54) is 4.57 Å². The largest absolute Gasteiger partial charge is 0.376 e. The number of fused-ring (bicyclic) bond motifs is 1. The van der Waals surface area contributed by atoms with E-state index in [-0.39, 0.29) is 17.4 Å². The average Bonchev–Trinajstić information content (AvgIpc) is 3.09. The van der Waals surface area contributed by atoms with Crippen LogP contribution < -0.4 is 11.2 Å². The number of nitrogens with zero attached hydrogens (tertiary/aromatic N) is 3. The van der Waals surface area contributed by atoms with E-state index in [1.807, 2.05) is 6.92 Å². The standard InChI is InChI=1S/C14H20N4O3/c1-3-6-17-13(19)11-12(16-9(2)15-11)18(14(17)20)8-10-5-4-7-21-10/h10H,3-8H2,1-2H3,(H,15,16). The van der Waals surface area contributed by atoms with E-state index in [4.69, 9.17) is 4.74 Å². The van der Waals surface area contributed by atoms with Crippen LogP contribution in [0.2, 0.25) is 0 Å². The van der Waals surface area contributed by atoms with Crippen LogP contribution in [0.25, 0.3) is 11.2 Å². The second-order valence-corrected chi connectivity index (χ2v) is 5.51. The van der Waals surface area contributed by atoms with Crippen molar-refractivity contribution in [3.63, 3.8) is 0 Å². The zero-order valence-corrected chi connectivity index (χ0v) is 12.4. The van der Waals surface area contributed by atoms with Crippen LogP contribution in [0.4, 0.5) is 0 Å². The molecule has 1 N–H and O–H groups in total. The molecule has 0 radical (unpaired) electrons. The van der Waals surface area contributed by atoms with Crippen LogP contribution >= 0.6 is 0 Å². The first kappa shape index (κ1) is 14.1. The molecule has 1 aliphatic rings. The maximum Gasteiger partial charge on any atom is 0.332 e. The Morgan fingerprint density at radius 2 is 2.19 bits per heavy atom. The highest BCUT2D eigenvalue weighted by atomic mass is 16.5. The van der Waals surface area contributed by atoms with Crippen molar-refractivity contribution in [3.8, 4) is 0 Å². The van der Waals surface area contributed by atoms with Crippen LogP contribution in [0.3, 0.4) is 0 Å². The molecular weight excluding hydrogens is 272 g/mol. The summed E-state index contributed by atoms with van der Waals surface area (Å²) in [4.78, 5) is 32.3. The van der Waals surface area contributed by atoms with E-state index in [0.717, 1.165) is 25.9 Å². The first-order valence-electron chi connectivity index (χ1n) is 7.43. The third-order valence-electron chi connectivity index (χ3n) is 3.84. The summed E-state index contributed by atoms with van der Waals surface area (Å²) in [6.45, 7) is 5.32. The molecule has 3 heterocycles. The lowest BCUT2D eigenvalue weighted by atomic mass is 10.2. The van der Waals surface area contributed by atoms with Gasteiger partial charge in [-0.25, -0.2) is 9.78 Å². The van der Waals surface area contributed by atoms with Crippen LogP contribution in [0.15, 0.2) is 9.59 Å². The van der Waals surface area contributed by atoms with Gasteiger partial charge in [-0.3, -0.25) is 13.9 Å². The molecule has 0 amide bonds. The van der Waals surface area contributed by atoms with Crippen molar-refractivity contribution in [2.24, 2.45) is 0 Å². The predicted molar refractivity (Wildman–Crippen MR) is 78.6 cm³/mol. The summed E-state index contributed by atoms with van der Waals surface area (Å²) in [5, 5.41) is 0. The summed E-state index contributed by atoms with van der Waals surface area (Å²) in [5.41, 5.74) is 0.251. The number of ether oxygens (including phenoxy) is 1. The molecule has 7 nitrogen and oxygen atoms in total. The van der Waals surface area contributed by atoms with Crippen molar-refractivity contribution < 1.29 is 4.74 Å². The minimum Gasteiger partial charge on any atom is -0.376 e. The number of aryl methyl sites for hydroxylation is 1. The molecule has 3 rings (SSSR count).